The fourth-order valence-corrected chi connectivity index (χ4v) is 4.53. The van der Waals surface area contributed by atoms with E-state index < -0.39 is 10.0 Å². The molecule has 0 heterocycles. The van der Waals surface area contributed by atoms with Gasteiger partial charge in [0.2, 0.25) is 15.9 Å². The first kappa shape index (κ1) is 18.9. The molecule has 2 aromatic carbocycles. The van der Waals surface area contributed by atoms with Crippen LogP contribution in [-0.2, 0) is 21.2 Å². The molecule has 0 bridgehead atoms. The van der Waals surface area contributed by atoms with Crippen molar-refractivity contribution in [2.24, 2.45) is 0 Å². The number of amides is 1. The van der Waals surface area contributed by atoms with Crippen LogP contribution in [0.25, 0.3) is 0 Å². The molecule has 1 amide bonds. The van der Waals surface area contributed by atoms with E-state index in [1.165, 1.54) is 36.9 Å². The summed E-state index contributed by atoms with van der Waals surface area (Å²) in [5, 5.41) is 0.460. The van der Waals surface area contributed by atoms with Gasteiger partial charge in [0.15, 0.2) is 0 Å². The molecule has 1 aliphatic carbocycles. The van der Waals surface area contributed by atoms with Gasteiger partial charge in [-0.3, -0.25) is 4.79 Å². The quantitative estimate of drug-likeness (QED) is 0.785. The van der Waals surface area contributed by atoms with Crippen molar-refractivity contribution < 1.29 is 13.2 Å². The number of hydrogen-bond donors (Lipinski definition) is 0. The highest BCUT2D eigenvalue weighted by molar-refractivity contribution is 7.89. The van der Waals surface area contributed by atoms with Gasteiger partial charge in [-0.25, -0.2) is 8.42 Å². The van der Waals surface area contributed by atoms with Gasteiger partial charge in [-0.05, 0) is 48.2 Å². The Morgan fingerprint density at radius 1 is 1.12 bits per heavy atom. The van der Waals surface area contributed by atoms with E-state index in [2.05, 4.69) is 6.07 Å². The Morgan fingerprint density at radius 3 is 2.46 bits per heavy atom. The molecule has 1 atom stereocenters. The van der Waals surface area contributed by atoms with Crippen LogP contribution in [0.2, 0.25) is 5.02 Å². The minimum absolute atomic E-state index is 0.00895. The minimum Gasteiger partial charge on any atom is -0.338 e. The van der Waals surface area contributed by atoms with Crippen molar-refractivity contribution >= 4 is 27.5 Å². The van der Waals surface area contributed by atoms with Gasteiger partial charge in [0.25, 0.3) is 0 Å². The Labute approximate surface area is 159 Å². The molecule has 138 valence electrons. The van der Waals surface area contributed by atoms with Crippen molar-refractivity contribution in [3.63, 3.8) is 0 Å². The summed E-state index contributed by atoms with van der Waals surface area (Å²) in [6.07, 6.45) is 1.78. The van der Waals surface area contributed by atoms with E-state index in [0.29, 0.717) is 5.02 Å². The second-order valence-electron chi connectivity index (χ2n) is 6.47. The Kier molecular flexibility index (Phi) is 5.37. The lowest BCUT2D eigenvalue weighted by Crippen LogP contribution is -2.40. The lowest BCUT2D eigenvalue weighted by atomic mass is 10.1. The number of likely N-dealkylation sites (N-methyl/N-ethyl adjacent to an activating group) is 2. The average Bonchev–Trinajstić information content (AvgIpc) is 3.05. The smallest absolute Gasteiger partial charge is 0.243 e. The van der Waals surface area contributed by atoms with Crippen molar-refractivity contribution in [3.05, 3.63) is 64.7 Å². The first-order chi connectivity index (χ1) is 12.3. The van der Waals surface area contributed by atoms with Gasteiger partial charge < -0.3 is 4.90 Å². The zero-order valence-corrected chi connectivity index (χ0v) is 16.3. The number of carbonyl (C=O) groups is 1. The van der Waals surface area contributed by atoms with Crippen molar-refractivity contribution in [3.8, 4) is 0 Å². The molecular weight excluding hydrogens is 372 g/mol. The lowest BCUT2D eigenvalue weighted by molar-refractivity contribution is -0.132. The summed E-state index contributed by atoms with van der Waals surface area (Å²) in [6, 6.07) is 14.0. The molecule has 0 N–H and O–H groups in total. The Hall–Kier alpha value is -1.89. The summed E-state index contributed by atoms with van der Waals surface area (Å²) < 4.78 is 26.3. The average molecular weight is 393 g/mol. The summed E-state index contributed by atoms with van der Waals surface area (Å²) in [5.41, 5.74) is 2.39. The molecule has 1 unspecified atom stereocenters. The molecule has 0 saturated carbocycles. The molecule has 26 heavy (non-hydrogen) atoms. The fraction of sp³-hybridized carbons (Fsp3) is 0.316. The van der Waals surface area contributed by atoms with Gasteiger partial charge in [-0.2, -0.15) is 4.31 Å². The summed E-state index contributed by atoms with van der Waals surface area (Å²) in [6.45, 7) is -0.208. The second kappa shape index (κ2) is 7.39. The van der Waals surface area contributed by atoms with Crippen molar-refractivity contribution in [2.45, 2.75) is 23.8 Å². The Bertz CT molecular complexity index is 913. The van der Waals surface area contributed by atoms with E-state index in [9.17, 15) is 13.2 Å². The monoisotopic (exact) mass is 392 g/mol. The van der Waals surface area contributed by atoms with Crippen LogP contribution in [-0.4, -0.2) is 44.2 Å². The maximum absolute atomic E-state index is 12.7. The van der Waals surface area contributed by atoms with Gasteiger partial charge in [0.05, 0.1) is 17.5 Å². The predicted molar refractivity (Wildman–Crippen MR) is 102 cm³/mol. The number of benzene rings is 2. The molecule has 0 aromatic heterocycles. The van der Waals surface area contributed by atoms with E-state index in [1.54, 1.807) is 11.9 Å². The first-order valence-electron chi connectivity index (χ1n) is 8.36. The number of halogens is 1. The lowest BCUT2D eigenvalue weighted by Gasteiger charge is -2.27. The van der Waals surface area contributed by atoms with Crippen LogP contribution in [0.15, 0.2) is 53.4 Å². The molecule has 0 fully saturated rings. The number of carbonyl (C=O) groups excluding carboxylic acids is 1. The van der Waals surface area contributed by atoms with Crippen molar-refractivity contribution in [1.82, 2.24) is 9.21 Å². The Morgan fingerprint density at radius 2 is 1.77 bits per heavy atom. The molecule has 0 radical (unpaired) electrons. The standard InChI is InChI=1S/C19H21ClN2O3S/c1-21(26(24,25)16-10-8-15(20)9-11-16)13-19(23)22(2)18-12-7-14-5-3-4-6-17(14)18/h3-6,8-11,18H,7,12-13H2,1-2H3. The minimum atomic E-state index is -3.74. The highest BCUT2D eigenvalue weighted by atomic mass is 35.5. The fourth-order valence-electron chi connectivity index (χ4n) is 3.28. The first-order valence-corrected chi connectivity index (χ1v) is 10.2. The molecule has 0 aliphatic heterocycles. The largest absolute Gasteiger partial charge is 0.338 e. The van der Waals surface area contributed by atoms with Crippen LogP contribution in [0.3, 0.4) is 0 Å². The summed E-state index contributed by atoms with van der Waals surface area (Å²) >= 11 is 5.81. The van der Waals surface area contributed by atoms with Crippen LogP contribution >= 0.6 is 11.6 Å². The number of nitrogens with zero attached hydrogens (tertiary/aromatic N) is 2. The van der Waals surface area contributed by atoms with Crippen LogP contribution in [0.5, 0.6) is 0 Å². The predicted octanol–water partition coefficient (Wildman–Crippen LogP) is 3.11. The topological polar surface area (TPSA) is 57.7 Å². The third-order valence-corrected chi connectivity index (χ3v) is 6.91. The van der Waals surface area contributed by atoms with Crippen LogP contribution < -0.4 is 0 Å². The zero-order chi connectivity index (χ0) is 18.9. The van der Waals surface area contributed by atoms with E-state index in [-0.39, 0.29) is 23.4 Å². The number of aryl methyl sites for hydroxylation is 1. The van der Waals surface area contributed by atoms with Gasteiger partial charge in [0, 0.05) is 19.1 Å². The van der Waals surface area contributed by atoms with Gasteiger partial charge in [-0.1, -0.05) is 35.9 Å². The molecule has 5 nitrogen and oxygen atoms in total. The third-order valence-electron chi connectivity index (χ3n) is 4.84. The van der Waals surface area contributed by atoms with Gasteiger partial charge in [0.1, 0.15) is 0 Å². The van der Waals surface area contributed by atoms with Crippen LogP contribution in [0.4, 0.5) is 0 Å². The normalized spacial score (nSPS) is 16.5. The van der Waals surface area contributed by atoms with Gasteiger partial charge >= 0.3 is 0 Å². The molecular formula is C19H21ClN2O3S. The Balaban J connectivity index is 1.72. The number of rotatable bonds is 5. The molecule has 0 spiro atoms. The SMILES string of the molecule is CN(C(=O)CN(C)S(=O)(=O)c1ccc(Cl)cc1)C1CCc2ccccc21. The molecule has 3 rings (SSSR count). The molecule has 1 aliphatic rings. The maximum Gasteiger partial charge on any atom is 0.243 e. The molecule has 7 heteroatoms. The number of hydrogen-bond acceptors (Lipinski definition) is 3. The highest BCUT2D eigenvalue weighted by Gasteiger charge is 2.30. The maximum atomic E-state index is 12.7. The molecule has 2 aromatic rings. The van der Waals surface area contributed by atoms with E-state index in [0.717, 1.165) is 22.7 Å². The summed E-state index contributed by atoms with van der Waals surface area (Å²) in [4.78, 5) is 14.5. The van der Waals surface area contributed by atoms with Gasteiger partial charge in [-0.15, -0.1) is 0 Å². The molecule has 0 saturated heterocycles. The van der Waals surface area contributed by atoms with E-state index in [4.69, 9.17) is 11.6 Å². The van der Waals surface area contributed by atoms with E-state index >= 15 is 0 Å². The van der Waals surface area contributed by atoms with Crippen molar-refractivity contribution in [2.75, 3.05) is 20.6 Å². The van der Waals surface area contributed by atoms with E-state index in [1.807, 2.05) is 18.2 Å². The van der Waals surface area contributed by atoms with Crippen molar-refractivity contribution in [1.29, 1.82) is 0 Å². The number of sulfonamides is 1. The van der Waals surface area contributed by atoms with Crippen LogP contribution in [0, 0.1) is 0 Å². The summed E-state index contributed by atoms with van der Waals surface area (Å²) in [5.74, 6) is -0.230. The van der Waals surface area contributed by atoms with Crippen LogP contribution in [0.1, 0.15) is 23.6 Å². The summed E-state index contributed by atoms with van der Waals surface area (Å²) in [7, 11) is -0.592. The second-order valence-corrected chi connectivity index (χ2v) is 8.95. The zero-order valence-electron chi connectivity index (χ0n) is 14.7. The third kappa shape index (κ3) is 3.63. The number of fused-ring (bicyclic) bond motifs is 1. The highest BCUT2D eigenvalue weighted by Crippen LogP contribution is 2.34.